The number of fused-ring (bicyclic) bond motifs is 6. The Morgan fingerprint density at radius 2 is 1.47 bits per heavy atom. The van der Waals surface area contributed by atoms with Gasteiger partial charge in [0.2, 0.25) is 0 Å². The molecule has 2 aromatic carbocycles. The molecule has 3 aliphatic carbocycles. The molecule has 6 rings (SSSR count). The van der Waals surface area contributed by atoms with E-state index in [4.69, 9.17) is 4.98 Å². The number of pyridine rings is 1. The summed E-state index contributed by atoms with van der Waals surface area (Å²) in [5.74, 6) is 2.29. The van der Waals surface area contributed by atoms with E-state index in [1.54, 1.807) is 11.1 Å². The third kappa shape index (κ3) is 3.67. The van der Waals surface area contributed by atoms with E-state index in [0.717, 1.165) is 0 Å². The van der Waals surface area contributed by atoms with Crippen LogP contribution in [0.5, 0.6) is 0 Å². The maximum Gasteiger partial charge on any atom is 0.0749 e. The standard InChI is InChI=1S/C37H47N/c1-34(2,3)22-15-16-24-29(20-22)37(9,10)30-21-23(35(4,5)6)19-26(32(24)30)31-18-17-28-33(38-31)25-13-11-12-14-27(25)36(28,7)8/h11-18,20,23,26,30,32H,19,21H2,1-10H3. The summed E-state index contributed by atoms with van der Waals surface area (Å²) in [4.78, 5) is 5.57. The summed E-state index contributed by atoms with van der Waals surface area (Å²) in [5.41, 5.74) is 11.9. The summed E-state index contributed by atoms with van der Waals surface area (Å²) < 4.78 is 0. The quantitative estimate of drug-likeness (QED) is 0.321. The van der Waals surface area contributed by atoms with Crippen LogP contribution < -0.4 is 0 Å². The van der Waals surface area contributed by atoms with Gasteiger partial charge >= 0.3 is 0 Å². The molecule has 1 saturated carbocycles. The SMILES string of the molecule is CC(C)(C)c1ccc2c(c1)C(C)(C)C1CC(C(C)(C)C)CC(c3ccc4c(n3)-c3ccccc3C4(C)C)C21. The molecular weight excluding hydrogens is 458 g/mol. The molecule has 0 amide bonds. The van der Waals surface area contributed by atoms with Crippen molar-refractivity contribution in [1.82, 2.24) is 4.98 Å². The molecule has 3 aliphatic rings. The van der Waals surface area contributed by atoms with E-state index in [0.29, 0.717) is 23.7 Å². The van der Waals surface area contributed by atoms with Crippen LogP contribution in [-0.4, -0.2) is 4.98 Å². The Kier molecular flexibility index (Phi) is 5.48. The van der Waals surface area contributed by atoms with Gasteiger partial charge in [-0.25, -0.2) is 0 Å². The van der Waals surface area contributed by atoms with Crippen LogP contribution in [0.1, 0.15) is 127 Å². The summed E-state index contributed by atoms with van der Waals surface area (Å²) in [7, 11) is 0. The van der Waals surface area contributed by atoms with Crippen LogP contribution in [-0.2, 0) is 16.2 Å². The maximum atomic E-state index is 5.57. The summed E-state index contributed by atoms with van der Waals surface area (Å²) in [6.45, 7) is 24.2. The van der Waals surface area contributed by atoms with Crippen molar-refractivity contribution in [2.24, 2.45) is 17.3 Å². The van der Waals surface area contributed by atoms with Crippen LogP contribution in [0.2, 0.25) is 0 Å². The van der Waals surface area contributed by atoms with Crippen LogP contribution in [0.4, 0.5) is 0 Å². The summed E-state index contributed by atoms with van der Waals surface area (Å²) >= 11 is 0. The lowest BCUT2D eigenvalue weighted by molar-refractivity contribution is 0.0853. The molecule has 1 aromatic heterocycles. The summed E-state index contributed by atoms with van der Waals surface area (Å²) in [6.07, 6.45) is 2.52. The number of hydrogen-bond acceptors (Lipinski definition) is 1. The highest BCUT2D eigenvalue weighted by atomic mass is 14.8. The number of nitrogens with zero attached hydrogens (tertiary/aromatic N) is 1. The third-order valence-corrected chi connectivity index (χ3v) is 10.9. The largest absolute Gasteiger partial charge is 0.252 e. The van der Waals surface area contributed by atoms with Crippen LogP contribution in [0.25, 0.3) is 11.3 Å². The molecule has 38 heavy (non-hydrogen) atoms. The second-order valence-corrected chi connectivity index (χ2v) is 15.8. The molecule has 4 unspecified atom stereocenters. The minimum atomic E-state index is 0.00576. The normalized spacial score (nSPS) is 26.9. The zero-order chi connectivity index (χ0) is 27.4. The van der Waals surface area contributed by atoms with Crippen LogP contribution >= 0.6 is 0 Å². The highest BCUT2D eigenvalue weighted by Gasteiger charge is 2.54. The smallest absolute Gasteiger partial charge is 0.0749 e. The van der Waals surface area contributed by atoms with Gasteiger partial charge in [-0.1, -0.05) is 118 Å². The molecule has 200 valence electrons. The van der Waals surface area contributed by atoms with Gasteiger partial charge in [-0.05, 0) is 80.7 Å². The number of benzene rings is 2. The first kappa shape index (κ1) is 25.8. The predicted octanol–water partition coefficient (Wildman–Crippen LogP) is 9.92. The van der Waals surface area contributed by atoms with Crippen molar-refractivity contribution in [3.63, 3.8) is 0 Å². The Hall–Kier alpha value is -2.41. The van der Waals surface area contributed by atoms with Crippen molar-refractivity contribution in [3.05, 3.63) is 88.1 Å². The minimum Gasteiger partial charge on any atom is -0.252 e. The second-order valence-electron chi connectivity index (χ2n) is 15.8. The zero-order valence-corrected chi connectivity index (χ0v) is 25.4. The molecule has 1 fully saturated rings. The van der Waals surface area contributed by atoms with Gasteiger partial charge in [-0.2, -0.15) is 0 Å². The fourth-order valence-corrected chi connectivity index (χ4v) is 8.31. The first-order valence-corrected chi connectivity index (χ1v) is 14.9. The van der Waals surface area contributed by atoms with Gasteiger partial charge < -0.3 is 0 Å². The number of rotatable bonds is 1. The molecule has 4 atom stereocenters. The van der Waals surface area contributed by atoms with E-state index in [1.165, 1.54) is 46.5 Å². The average molecular weight is 506 g/mol. The average Bonchev–Trinajstić information content (AvgIpc) is 3.22. The topological polar surface area (TPSA) is 12.9 Å². The Bertz CT molecular complexity index is 1410. The monoisotopic (exact) mass is 505 g/mol. The van der Waals surface area contributed by atoms with Crippen molar-refractivity contribution >= 4 is 0 Å². The molecule has 1 heteroatoms. The molecular formula is C37H47N. The summed E-state index contributed by atoms with van der Waals surface area (Å²) in [5, 5.41) is 0. The van der Waals surface area contributed by atoms with Gasteiger partial charge in [-0.3, -0.25) is 4.98 Å². The van der Waals surface area contributed by atoms with Crippen LogP contribution in [0.15, 0.2) is 54.6 Å². The Morgan fingerprint density at radius 1 is 0.763 bits per heavy atom. The molecule has 0 aliphatic heterocycles. The fraction of sp³-hybridized carbons (Fsp3) is 0.541. The highest BCUT2D eigenvalue weighted by Crippen LogP contribution is 2.64. The van der Waals surface area contributed by atoms with Crippen LogP contribution in [0.3, 0.4) is 0 Å². The first-order chi connectivity index (χ1) is 17.6. The summed E-state index contributed by atoms with van der Waals surface area (Å²) in [6, 6.07) is 21.2. The molecule has 3 aromatic rings. The number of aromatic nitrogens is 1. The minimum absolute atomic E-state index is 0.00576. The second kappa shape index (κ2) is 8.06. The maximum absolute atomic E-state index is 5.57. The molecule has 0 N–H and O–H groups in total. The first-order valence-electron chi connectivity index (χ1n) is 14.9. The van der Waals surface area contributed by atoms with Crippen molar-refractivity contribution < 1.29 is 0 Å². The molecule has 1 nitrogen and oxygen atoms in total. The van der Waals surface area contributed by atoms with E-state index >= 15 is 0 Å². The van der Waals surface area contributed by atoms with Crippen molar-refractivity contribution in [1.29, 1.82) is 0 Å². The molecule has 0 radical (unpaired) electrons. The molecule has 0 saturated heterocycles. The Balaban J connectivity index is 1.52. The Labute approximate surface area is 231 Å². The predicted molar refractivity (Wildman–Crippen MR) is 161 cm³/mol. The van der Waals surface area contributed by atoms with Gasteiger partial charge in [0.15, 0.2) is 0 Å². The molecule has 1 heterocycles. The van der Waals surface area contributed by atoms with Gasteiger partial charge in [0.1, 0.15) is 0 Å². The van der Waals surface area contributed by atoms with Gasteiger partial charge in [0, 0.05) is 22.6 Å². The fourth-order valence-electron chi connectivity index (χ4n) is 8.31. The molecule has 0 spiro atoms. The van der Waals surface area contributed by atoms with Crippen molar-refractivity contribution in [2.75, 3.05) is 0 Å². The third-order valence-electron chi connectivity index (χ3n) is 10.9. The lowest BCUT2D eigenvalue weighted by Gasteiger charge is -2.47. The van der Waals surface area contributed by atoms with Crippen molar-refractivity contribution in [2.45, 2.75) is 110 Å². The van der Waals surface area contributed by atoms with Crippen LogP contribution in [0, 0.1) is 17.3 Å². The van der Waals surface area contributed by atoms with Gasteiger partial charge in [0.05, 0.1) is 5.69 Å². The van der Waals surface area contributed by atoms with Gasteiger partial charge in [-0.15, -0.1) is 0 Å². The van der Waals surface area contributed by atoms with Gasteiger partial charge in [0.25, 0.3) is 0 Å². The Morgan fingerprint density at radius 3 is 2.16 bits per heavy atom. The van der Waals surface area contributed by atoms with Crippen molar-refractivity contribution in [3.8, 4) is 11.3 Å². The lowest BCUT2D eigenvalue weighted by atomic mass is 9.57. The lowest BCUT2D eigenvalue weighted by Crippen LogP contribution is -2.39. The zero-order valence-electron chi connectivity index (χ0n) is 25.4. The van der Waals surface area contributed by atoms with E-state index in [2.05, 4.69) is 124 Å². The van der Waals surface area contributed by atoms with E-state index in [1.807, 2.05) is 0 Å². The van der Waals surface area contributed by atoms with E-state index in [-0.39, 0.29) is 21.7 Å². The number of hydrogen-bond donors (Lipinski definition) is 0. The van der Waals surface area contributed by atoms with E-state index < -0.39 is 0 Å². The highest BCUT2D eigenvalue weighted by molar-refractivity contribution is 5.77. The molecule has 0 bridgehead atoms. The van der Waals surface area contributed by atoms with E-state index in [9.17, 15) is 0 Å².